The number of anilines is 1. The van der Waals surface area contributed by atoms with Gasteiger partial charge in [-0.05, 0) is 12.3 Å². The molecular formula is C15H24N6O4. The van der Waals surface area contributed by atoms with Crippen molar-refractivity contribution in [2.75, 3.05) is 18.9 Å². The average Bonchev–Trinajstić information content (AvgIpc) is 2.95. The Balaban J connectivity index is 1.99. The van der Waals surface area contributed by atoms with Crippen LogP contribution in [0.5, 0.6) is 0 Å². The van der Waals surface area contributed by atoms with E-state index in [2.05, 4.69) is 15.0 Å². The first-order chi connectivity index (χ1) is 11.8. The second-order valence-corrected chi connectivity index (χ2v) is 6.29. The minimum Gasteiger partial charge on any atom is -0.465 e. The Hall–Kier alpha value is -2.46. The Kier molecular flexibility index (Phi) is 6.10. The fraction of sp³-hybridized carbons (Fsp3) is 0.600. The Morgan fingerprint density at radius 1 is 1.48 bits per heavy atom. The van der Waals surface area contributed by atoms with Crippen molar-refractivity contribution in [1.82, 2.24) is 19.5 Å². The first-order valence-corrected chi connectivity index (χ1v) is 8.07. The molecule has 0 radical (unpaired) electrons. The van der Waals surface area contributed by atoms with Crippen molar-refractivity contribution in [3.05, 3.63) is 16.7 Å². The molecule has 0 aromatic carbocycles. The van der Waals surface area contributed by atoms with Gasteiger partial charge in [-0.1, -0.05) is 13.8 Å². The molecule has 2 atom stereocenters. The summed E-state index contributed by atoms with van der Waals surface area (Å²) in [5.41, 5.74) is 11.4. The third-order valence-corrected chi connectivity index (χ3v) is 3.97. The Morgan fingerprint density at radius 2 is 2.20 bits per heavy atom. The molecule has 2 aromatic heterocycles. The summed E-state index contributed by atoms with van der Waals surface area (Å²) in [6.07, 6.45) is 1.90. The van der Waals surface area contributed by atoms with E-state index in [-0.39, 0.29) is 36.5 Å². The van der Waals surface area contributed by atoms with Crippen LogP contribution in [0.3, 0.4) is 0 Å². The van der Waals surface area contributed by atoms with Gasteiger partial charge in [0.15, 0.2) is 11.2 Å². The van der Waals surface area contributed by atoms with Crippen LogP contribution in [-0.2, 0) is 16.1 Å². The van der Waals surface area contributed by atoms with Crippen LogP contribution in [0.4, 0.5) is 5.95 Å². The number of rotatable bonds is 8. The van der Waals surface area contributed by atoms with Crippen LogP contribution in [0.2, 0.25) is 0 Å². The van der Waals surface area contributed by atoms with E-state index >= 15 is 0 Å². The molecule has 0 saturated carbocycles. The van der Waals surface area contributed by atoms with Gasteiger partial charge in [0.1, 0.15) is 6.04 Å². The summed E-state index contributed by atoms with van der Waals surface area (Å²) < 4.78 is 6.79. The lowest BCUT2D eigenvalue weighted by Crippen LogP contribution is -2.37. The zero-order valence-electron chi connectivity index (χ0n) is 14.3. The van der Waals surface area contributed by atoms with Crippen molar-refractivity contribution in [3.8, 4) is 0 Å². The van der Waals surface area contributed by atoms with Crippen molar-refractivity contribution in [3.63, 3.8) is 0 Å². The van der Waals surface area contributed by atoms with Crippen LogP contribution in [0.25, 0.3) is 11.2 Å². The summed E-state index contributed by atoms with van der Waals surface area (Å²) in [6, 6.07) is -0.663. The van der Waals surface area contributed by atoms with Crippen LogP contribution in [0, 0.1) is 11.8 Å². The Morgan fingerprint density at radius 3 is 2.84 bits per heavy atom. The summed E-state index contributed by atoms with van der Waals surface area (Å²) in [5.74, 6) is -0.673. The van der Waals surface area contributed by atoms with Gasteiger partial charge in [-0.15, -0.1) is 0 Å². The molecule has 0 saturated heterocycles. The summed E-state index contributed by atoms with van der Waals surface area (Å²) >= 11 is 0. The molecule has 25 heavy (non-hydrogen) atoms. The zero-order chi connectivity index (χ0) is 18.6. The van der Waals surface area contributed by atoms with E-state index in [1.54, 1.807) is 4.57 Å². The van der Waals surface area contributed by atoms with Crippen LogP contribution < -0.4 is 17.0 Å². The van der Waals surface area contributed by atoms with Gasteiger partial charge in [-0.25, -0.2) is 4.98 Å². The third-order valence-electron chi connectivity index (χ3n) is 3.97. The Labute approximate surface area is 144 Å². The summed E-state index contributed by atoms with van der Waals surface area (Å²) in [7, 11) is 0. The van der Waals surface area contributed by atoms with Gasteiger partial charge in [-0.2, -0.15) is 4.98 Å². The van der Waals surface area contributed by atoms with Crippen molar-refractivity contribution in [2.24, 2.45) is 17.6 Å². The predicted octanol–water partition coefficient (Wildman–Crippen LogP) is -0.773. The minimum absolute atomic E-state index is 0.00333. The van der Waals surface area contributed by atoms with Crippen LogP contribution >= 0.6 is 0 Å². The highest BCUT2D eigenvalue weighted by Crippen LogP contribution is 2.12. The van der Waals surface area contributed by atoms with E-state index < -0.39 is 17.6 Å². The number of aromatic amines is 1. The first-order valence-electron chi connectivity index (χ1n) is 8.07. The smallest absolute Gasteiger partial charge is 0.323 e. The highest BCUT2D eigenvalue weighted by atomic mass is 16.5. The fourth-order valence-electron chi connectivity index (χ4n) is 2.32. The summed E-state index contributed by atoms with van der Waals surface area (Å²) in [6.45, 7) is 4.07. The van der Waals surface area contributed by atoms with Crippen molar-refractivity contribution >= 4 is 23.1 Å². The van der Waals surface area contributed by atoms with Gasteiger partial charge in [0, 0.05) is 19.1 Å². The maximum Gasteiger partial charge on any atom is 0.323 e. The molecule has 2 heterocycles. The average molecular weight is 352 g/mol. The molecule has 0 aliphatic heterocycles. The van der Waals surface area contributed by atoms with Crippen molar-refractivity contribution in [1.29, 1.82) is 0 Å². The first kappa shape index (κ1) is 18.9. The molecule has 0 fully saturated rings. The number of aliphatic hydroxyl groups is 1. The molecular weight excluding hydrogens is 328 g/mol. The fourth-order valence-corrected chi connectivity index (χ4v) is 2.32. The second-order valence-electron chi connectivity index (χ2n) is 6.29. The number of H-pyrrole nitrogens is 1. The van der Waals surface area contributed by atoms with E-state index in [9.17, 15) is 14.7 Å². The van der Waals surface area contributed by atoms with Gasteiger partial charge >= 0.3 is 5.97 Å². The Bertz CT molecular complexity index is 784. The molecule has 0 amide bonds. The lowest BCUT2D eigenvalue weighted by molar-refractivity contribution is -0.146. The number of imidazole rings is 1. The monoisotopic (exact) mass is 352 g/mol. The normalized spacial score (nSPS) is 14.0. The number of aromatic nitrogens is 4. The number of ether oxygens (including phenoxy) is 1. The number of hydrogen-bond donors (Lipinski definition) is 4. The molecule has 2 rings (SSSR count). The number of fused-ring (bicyclic) bond motifs is 1. The second kappa shape index (κ2) is 8.08. The largest absolute Gasteiger partial charge is 0.465 e. The van der Waals surface area contributed by atoms with E-state index in [4.69, 9.17) is 16.2 Å². The number of nitrogens with zero attached hydrogens (tertiary/aromatic N) is 3. The number of aliphatic hydroxyl groups excluding tert-OH is 1. The number of nitrogen functional groups attached to an aromatic ring is 1. The van der Waals surface area contributed by atoms with Crippen molar-refractivity contribution < 1.29 is 14.6 Å². The number of nitrogens with one attached hydrogen (secondary N) is 1. The number of nitrogens with two attached hydrogens (primary N) is 2. The van der Waals surface area contributed by atoms with Crippen LogP contribution in [0.1, 0.15) is 20.3 Å². The molecule has 10 nitrogen and oxygen atoms in total. The van der Waals surface area contributed by atoms with E-state index in [1.807, 2.05) is 13.8 Å². The summed E-state index contributed by atoms with van der Waals surface area (Å²) in [5, 5.41) is 9.56. The molecule has 2 aromatic rings. The minimum atomic E-state index is -0.663. The molecule has 0 bridgehead atoms. The van der Waals surface area contributed by atoms with Gasteiger partial charge < -0.3 is 25.9 Å². The number of hydrogen-bond acceptors (Lipinski definition) is 8. The molecule has 0 spiro atoms. The maximum absolute atomic E-state index is 11.8. The lowest BCUT2D eigenvalue weighted by atomic mass is 10.1. The highest BCUT2D eigenvalue weighted by molar-refractivity contribution is 5.75. The van der Waals surface area contributed by atoms with Gasteiger partial charge in [0.25, 0.3) is 5.56 Å². The molecule has 1 unspecified atom stereocenters. The zero-order valence-corrected chi connectivity index (χ0v) is 14.3. The van der Waals surface area contributed by atoms with E-state index in [0.717, 1.165) is 0 Å². The van der Waals surface area contributed by atoms with Crippen molar-refractivity contribution in [2.45, 2.75) is 32.9 Å². The summed E-state index contributed by atoms with van der Waals surface area (Å²) in [4.78, 5) is 34.0. The van der Waals surface area contributed by atoms with Crippen LogP contribution in [-0.4, -0.2) is 49.9 Å². The predicted molar refractivity (Wildman–Crippen MR) is 91.5 cm³/mol. The van der Waals surface area contributed by atoms with E-state index in [1.165, 1.54) is 6.33 Å². The topological polar surface area (TPSA) is 162 Å². The highest BCUT2D eigenvalue weighted by Gasteiger charge is 2.20. The van der Waals surface area contributed by atoms with Gasteiger partial charge in [0.05, 0.1) is 12.9 Å². The standard InChI is InChI=1S/C15H24N6O4/c1-8(2)10(16)14(24)25-4-3-9(6-22)5-21-7-18-11-12(21)19-15(17)20-13(11)23/h7-10,22H,3-6,16H2,1-2H3,(H3,17,19,20,23)/t9?,10-/m0/s1. The SMILES string of the molecule is CC(C)[C@H](N)C(=O)OCCC(CO)Cn1cnc2c(=O)[nH]c(N)nc21. The van der Waals surface area contributed by atoms with E-state index in [0.29, 0.717) is 18.6 Å². The molecule has 10 heteroatoms. The number of esters is 1. The third kappa shape index (κ3) is 4.54. The van der Waals surface area contributed by atoms with Gasteiger partial charge in [0.2, 0.25) is 5.95 Å². The van der Waals surface area contributed by atoms with Gasteiger partial charge in [-0.3, -0.25) is 14.6 Å². The number of carbonyl (C=O) groups excluding carboxylic acids is 1. The van der Waals surface area contributed by atoms with Crippen LogP contribution in [0.15, 0.2) is 11.1 Å². The molecule has 6 N–H and O–H groups in total. The quantitative estimate of drug-likeness (QED) is 0.450. The molecule has 0 aliphatic carbocycles. The lowest BCUT2D eigenvalue weighted by Gasteiger charge is -2.17. The number of carbonyl (C=O) groups is 1. The molecule has 138 valence electrons. The maximum atomic E-state index is 11.8. The molecule has 0 aliphatic rings.